The number of aromatic nitrogens is 2. The van der Waals surface area contributed by atoms with Crippen LogP contribution in [0.25, 0.3) is 0 Å². The number of nitrogens with two attached hydrogens (primary N) is 1. The molecule has 0 bridgehead atoms. The average molecular weight is 497 g/mol. The first-order valence-electron chi connectivity index (χ1n) is 11.4. The second-order valence-electron chi connectivity index (χ2n) is 8.95. The zero-order valence-electron chi connectivity index (χ0n) is 20.4. The Bertz CT molecular complexity index is 874. The van der Waals surface area contributed by atoms with Crippen LogP contribution < -0.4 is 21.7 Å². The van der Waals surface area contributed by atoms with Gasteiger partial charge < -0.3 is 36.9 Å². The molecule has 0 spiro atoms. The van der Waals surface area contributed by atoms with E-state index in [-0.39, 0.29) is 24.7 Å². The lowest BCUT2D eigenvalue weighted by atomic mass is 9.97. The number of carboxylic acids is 2. The zero-order chi connectivity index (χ0) is 26.7. The number of rotatable bonds is 15. The van der Waals surface area contributed by atoms with E-state index in [4.69, 9.17) is 10.8 Å². The first-order chi connectivity index (χ1) is 16.3. The van der Waals surface area contributed by atoms with Gasteiger partial charge in [0.25, 0.3) is 0 Å². The Hall–Kier alpha value is -3.48. The van der Waals surface area contributed by atoms with Crippen molar-refractivity contribution >= 4 is 29.7 Å². The Morgan fingerprint density at radius 3 is 2.11 bits per heavy atom. The minimum atomic E-state index is -1.36. The first kappa shape index (κ1) is 29.6. The van der Waals surface area contributed by atoms with Gasteiger partial charge >= 0.3 is 11.9 Å². The number of aromatic amines is 1. The van der Waals surface area contributed by atoms with Crippen LogP contribution in [-0.2, 0) is 30.4 Å². The zero-order valence-corrected chi connectivity index (χ0v) is 20.4. The predicted octanol–water partition coefficient (Wildman–Crippen LogP) is -0.615. The number of nitrogens with zero attached hydrogens (tertiary/aromatic N) is 1. The molecule has 0 aliphatic heterocycles. The number of hydrogen-bond acceptors (Lipinski definition) is 7. The molecule has 0 aliphatic rings. The summed E-state index contributed by atoms with van der Waals surface area (Å²) >= 11 is 0. The van der Waals surface area contributed by atoms with Crippen molar-refractivity contribution in [2.24, 2.45) is 17.6 Å². The minimum Gasteiger partial charge on any atom is -0.481 e. The number of carboxylic acid groups (broad SMARTS) is 2. The van der Waals surface area contributed by atoms with Crippen LogP contribution in [0.3, 0.4) is 0 Å². The molecule has 13 nitrogen and oxygen atoms in total. The smallest absolute Gasteiger partial charge is 0.326 e. The summed E-state index contributed by atoms with van der Waals surface area (Å²) in [5.41, 5.74) is 6.14. The molecule has 1 heterocycles. The number of aliphatic carboxylic acids is 2. The maximum absolute atomic E-state index is 13.2. The quantitative estimate of drug-likeness (QED) is 0.164. The summed E-state index contributed by atoms with van der Waals surface area (Å²) in [6.07, 6.45) is 2.92. The Morgan fingerprint density at radius 1 is 1.00 bits per heavy atom. The third-order valence-electron chi connectivity index (χ3n) is 5.46. The highest BCUT2D eigenvalue weighted by Crippen LogP contribution is 2.11. The van der Waals surface area contributed by atoms with Crippen molar-refractivity contribution in [2.45, 2.75) is 77.5 Å². The van der Waals surface area contributed by atoms with Gasteiger partial charge in [0.05, 0.1) is 18.8 Å². The van der Waals surface area contributed by atoms with Gasteiger partial charge in [0.15, 0.2) is 0 Å². The van der Waals surface area contributed by atoms with Crippen LogP contribution in [0.2, 0.25) is 0 Å². The molecular formula is C22H36N6O7. The standard InChI is InChI=1S/C22H36N6O7/c1-5-12(4)18(28-19(31)14(23)8-17(29)30)21(33)26-15(7-13-9-24-10-25-13)20(32)27-16(22(34)35)6-11(2)3/h9-12,14-16,18H,5-8,23H2,1-4H3,(H,24,25)(H,26,33)(H,27,32)(H,28,31)(H,29,30)(H,34,35). The molecule has 8 N–H and O–H groups in total. The van der Waals surface area contributed by atoms with Gasteiger partial charge in [-0.15, -0.1) is 0 Å². The summed E-state index contributed by atoms with van der Waals surface area (Å²) in [6, 6.07) is -4.78. The van der Waals surface area contributed by atoms with Crippen LogP contribution >= 0.6 is 0 Å². The normalized spacial score (nSPS) is 15.4. The van der Waals surface area contributed by atoms with Crippen molar-refractivity contribution in [3.8, 4) is 0 Å². The Balaban J connectivity index is 3.09. The second-order valence-corrected chi connectivity index (χ2v) is 8.95. The number of carbonyl (C=O) groups excluding carboxylic acids is 3. The highest BCUT2D eigenvalue weighted by atomic mass is 16.4. The van der Waals surface area contributed by atoms with Gasteiger partial charge in [-0.05, 0) is 18.3 Å². The lowest BCUT2D eigenvalue weighted by Gasteiger charge is -2.28. The maximum Gasteiger partial charge on any atom is 0.326 e. The number of imidazole rings is 1. The third kappa shape index (κ3) is 10.1. The molecule has 0 aliphatic carbocycles. The molecule has 0 fully saturated rings. The lowest BCUT2D eigenvalue weighted by Crippen LogP contribution is -2.59. The Morgan fingerprint density at radius 2 is 1.63 bits per heavy atom. The fourth-order valence-corrected chi connectivity index (χ4v) is 3.30. The number of amides is 3. The SMILES string of the molecule is CCC(C)C(NC(=O)C(N)CC(=O)O)C(=O)NC(Cc1cnc[nH]1)C(=O)NC(CC(C)C)C(=O)O. The number of H-pyrrole nitrogens is 1. The molecule has 35 heavy (non-hydrogen) atoms. The van der Waals surface area contributed by atoms with Crippen LogP contribution in [0, 0.1) is 11.8 Å². The summed E-state index contributed by atoms with van der Waals surface area (Å²) in [5.74, 6) is -5.05. The summed E-state index contributed by atoms with van der Waals surface area (Å²) in [7, 11) is 0. The molecule has 0 saturated carbocycles. The van der Waals surface area contributed by atoms with Crippen LogP contribution in [0.4, 0.5) is 0 Å². The van der Waals surface area contributed by atoms with Crippen LogP contribution in [-0.4, -0.2) is 74.0 Å². The molecule has 13 heteroatoms. The monoisotopic (exact) mass is 496 g/mol. The van der Waals surface area contributed by atoms with E-state index in [0.29, 0.717) is 12.1 Å². The largest absolute Gasteiger partial charge is 0.481 e. The van der Waals surface area contributed by atoms with Crippen LogP contribution in [0.1, 0.15) is 52.7 Å². The predicted molar refractivity (Wildman–Crippen MR) is 125 cm³/mol. The van der Waals surface area contributed by atoms with E-state index in [2.05, 4.69) is 25.9 Å². The average Bonchev–Trinajstić information content (AvgIpc) is 3.27. The van der Waals surface area contributed by atoms with Crippen molar-refractivity contribution < 1.29 is 34.2 Å². The second kappa shape index (κ2) is 14.0. The molecule has 0 radical (unpaired) electrons. The van der Waals surface area contributed by atoms with Gasteiger partial charge in [0.1, 0.15) is 18.1 Å². The van der Waals surface area contributed by atoms with E-state index < -0.39 is 60.2 Å². The summed E-state index contributed by atoms with van der Waals surface area (Å²) in [6.45, 7) is 7.15. The molecule has 0 aromatic carbocycles. The highest BCUT2D eigenvalue weighted by molar-refractivity contribution is 5.95. The van der Waals surface area contributed by atoms with Gasteiger partial charge in [-0.25, -0.2) is 9.78 Å². The summed E-state index contributed by atoms with van der Waals surface area (Å²) in [5, 5.41) is 25.9. The fourth-order valence-electron chi connectivity index (χ4n) is 3.30. The number of hydrogen-bond donors (Lipinski definition) is 7. The third-order valence-corrected chi connectivity index (χ3v) is 5.46. The molecule has 0 saturated heterocycles. The van der Waals surface area contributed by atoms with Gasteiger partial charge in [0.2, 0.25) is 17.7 Å². The van der Waals surface area contributed by atoms with Gasteiger partial charge in [-0.3, -0.25) is 19.2 Å². The molecule has 1 aromatic heterocycles. The molecule has 3 amide bonds. The summed E-state index contributed by atoms with van der Waals surface area (Å²) in [4.78, 5) is 67.7. The highest BCUT2D eigenvalue weighted by Gasteiger charge is 2.33. The van der Waals surface area contributed by atoms with Gasteiger partial charge in [0, 0.05) is 18.3 Å². The molecule has 1 rings (SSSR count). The molecule has 5 atom stereocenters. The van der Waals surface area contributed by atoms with Crippen molar-refractivity contribution in [3.05, 3.63) is 18.2 Å². The van der Waals surface area contributed by atoms with E-state index in [9.17, 15) is 29.1 Å². The topological polar surface area (TPSA) is 217 Å². The van der Waals surface area contributed by atoms with E-state index in [0.717, 1.165) is 0 Å². The van der Waals surface area contributed by atoms with E-state index >= 15 is 0 Å². The molecule has 196 valence electrons. The molecule has 5 unspecified atom stereocenters. The molecule has 1 aromatic rings. The van der Waals surface area contributed by atoms with E-state index in [1.807, 2.05) is 13.8 Å². The maximum atomic E-state index is 13.2. The van der Waals surface area contributed by atoms with Crippen LogP contribution in [0.15, 0.2) is 12.5 Å². The Labute approximate surface area is 203 Å². The molecular weight excluding hydrogens is 460 g/mol. The Kier molecular flexibility index (Phi) is 11.9. The van der Waals surface area contributed by atoms with Crippen molar-refractivity contribution in [3.63, 3.8) is 0 Å². The van der Waals surface area contributed by atoms with Gasteiger partial charge in [-0.2, -0.15) is 0 Å². The van der Waals surface area contributed by atoms with E-state index in [1.54, 1.807) is 13.8 Å². The van der Waals surface area contributed by atoms with E-state index in [1.165, 1.54) is 12.5 Å². The number of nitrogens with one attached hydrogen (secondary N) is 4. The van der Waals surface area contributed by atoms with Gasteiger partial charge in [-0.1, -0.05) is 34.1 Å². The summed E-state index contributed by atoms with van der Waals surface area (Å²) < 4.78 is 0. The lowest BCUT2D eigenvalue weighted by molar-refractivity contribution is -0.142. The fraction of sp³-hybridized carbons (Fsp3) is 0.636. The van der Waals surface area contributed by atoms with Crippen LogP contribution in [0.5, 0.6) is 0 Å². The minimum absolute atomic E-state index is 0.00273. The van der Waals surface area contributed by atoms with Crippen molar-refractivity contribution in [1.82, 2.24) is 25.9 Å². The van der Waals surface area contributed by atoms with Crippen molar-refractivity contribution in [1.29, 1.82) is 0 Å². The number of carbonyl (C=O) groups is 5. The first-order valence-corrected chi connectivity index (χ1v) is 11.4. The van der Waals surface area contributed by atoms with Crippen molar-refractivity contribution in [2.75, 3.05) is 0 Å².